The summed E-state index contributed by atoms with van der Waals surface area (Å²) in [5.41, 5.74) is 8.47. The largest absolute Gasteiger partial charge is 0.398 e. The molecule has 0 aliphatic heterocycles. The van der Waals surface area contributed by atoms with Crippen molar-refractivity contribution in [1.29, 1.82) is 0 Å². The first kappa shape index (κ1) is 8.74. The number of aromatic nitrogens is 3. The van der Waals surface area contributed by atoms with Crippen LogP contribution in [0.3, 0.4) is 0 Å². The fourth-order valence-corrected chi connectivity index (χ4v) is 1.20. The van der Waals surface area contributed by atoms with Gasteiger partial charge in [-0.2, -0.15) is 5.10 Å². The van der Waals surface area contributed by atoms with Crippen molar-refractivity contribution in [3.05, 3.63) is 35.8 Å². The second-order valence-electron chi connectivity index (χ2n) is 3.30. The Morgan fingerprint density at radius 2 is 2.14 bits per heavy atom. The minimum atomic E-state index is 0.739. The molecule has 0 aromatic carbocycles. The number of nitrogens with two attached hydrogens (primary N) is 1. The zero-order chi connectivity index (χ0) is 10.1. The highest BCUT2D eigenvalue weighted by molar-refractivity contribution is 5.49. The van der Waals surface area contributed by atoms with Gasteiger partial charge in [0.25, 0.3) is 0 Å². The van der Waals surface area contributed by atoms with E-state index in [4.69, 9.17) is 5.73 Å². The molecule has 0 saturated heterocycles. The van der Waals surface area contributed by atoms with Crippen LogP contribution in [-0.2, 0) is 0 Å². The van der Waals surface area contributed by atoms with Gasteiger partial charge in [0.1, 0.15) is 0 Å². The summed E-state index contributed by atoms with van der Waals surface area (Å²) in [4.78, 5) is 4.24. The number of aryl methyl sites for hydroxylation is 2. The lowest BCUT2D eigenvalue weighted by atomic mass is 10.2. The third-order valence-corrected chi connectivity index (χ3v) is 2.09. The lowest BCUT2D eigenvalue weighted by molar-refractivity contribution is 0.832. The van der Waals surface area contributed by atoms with Gasteiger partial charge in [-0.25, -0.2) is 9.67 Å². The van der Waals surface area contributed by atoms with E-state index in [0.29, 0.717) is 0 Å². The van der Waals surface area contributed by atoms with Gasteiger partial charge in [-0.1, -0.05) is 0 Å². The van der Waals surface area contributed by atoms with Crippen LogP contribution < -0.4 is 5.73 Å². The molecule has 14 heavy (non-hydrogen) atoms. The van der Waals surface area contributed by atoms with Crippen molar-refractivity contribution in [2.24, 2.45) is 0 Å². The molecule has 72 valence electrons. The highest BCUT2D eigenvalue weighted by Crippen LogP contribution is 2.12. The normalized spacial score (nSPS) is 10.4. The molecule has 0 aliphatic carbocycles. The second-order valence-corrected chi connectivity index (χ2v) is 3.30. The molecule has 0 aliphatic rings. The summed E-state index contributed by atoms with van der Waals surface area (Å²) in [6.45, 7) is 3.87. The van der Waals surface area contributed by atoms with E-state index >= 15 is 0 Å². The summed E-state index contributed by atoms with van der Waals surface area (Å²) < 4.78 is 1.71. The second kappa shape index (κ2) is 3.14. The SMILES string of the molecule is Cc1ccn(-c2cc(N)c(C)cn2)n1. The number of rotatable bonds is 1. The molecular weight excluding hydrogens is 176 g/mol. The minimum Gasteiger partial charge on any atom is -0.398 e. The summed E-state index contributed by atoms with van der Waals surface area (Å²) in [6, 6.07) is 3.75. The molecule has 0 saturated carbocycles. The lowest BCUT2D eigenvalue weighted by Gasteiger charge is -2.03. The molecule has 2 rings (SSSR count). The van der Waals surface area contributed by atoms with Crippen molar-refractivity contribution < 1.29 is 0 Å². The summed E-state index contributed by atoms with van der Waals surface area (Å²) in [7, 11) is 0. The fourth-order valence-electron chi connectivity index (χ4n) is 1.20. The zero-order valence-electron chi connectivity index (χ0n) is 8.23. The third-order valence-electron chi connectivity index (χ3n) is 2.09. The topological polar surface area (TPSA) is 56.7 Å². The molecule has 0 bridgehead atoms. The van der Waals surface area contributed by atoms with Crippen molar-refractivity contribution >= 4 is 5.69 Å². The Morgan fingerprint density at radius 3 is 2.71 bits per heavy atom. The minimum absolute atomic E-state index is 0.739. The molecule has 2 heterocycles. The van der Waals surface area contributed by atoms with Crippen LogP contribution in [0.2, 0.25) is 0 Å². The molecule has 0 amide bonds. The molecule has 0 atom stereocenters. The van der Waals surface area contributed by atoms with E-state index in [0.717, 1.165) is 22.8 Å². The highest BCUT2D eigenvalue weighted by Gasteiger charge is 2.01. The van der Waals surface area contributed by atoms with Gasteiger partial charge in [-0.15, -0.1) is 0 Å². The standard InChI is InChI=1S/C10H12N4/c1-7-6-12-10(5-9(7)11)14-4-3-8(2)13-14/h3-6H,1-2H3,(H2,11,12). The Kier molecular flexibility index (Phi) is 1.96. The van der Waals surface area contributed by atoms with E-state index in [2.05, 4.69) is 10.1 Å². The van der Waals surface area contributed by atoms with E-state index in [1.165, 1.54) is 0 Å². The first-order chi connectivity index (χ1) is 6.66. The maximum absolute atomic E-state index is 5.78. The van der Waals surface area contributed by atoms with Crippen LogP contribution in [0.4, 0.5) is 5.69 Å². The van der Waals surface area contributed by atoms with Gasteiger partial charge in [0.2, 0.25) is 0 Å². The maximum Gasteiger partial charge on any atom is 0.155 e. The van der Waals surface area contributed by atoms with Crippen LogP contribution in [0.5, 0.6) is 0 Å². The van der Waals surface area contributed by atoms with Crippen LogP contribution in [0, 0.1) is 13.8 Å². The van der Waals surface area contributed by atoms with E-state index < -0.39 is 0 Å². The number of nitrogens with zero attached hydrogens (tertiary/aromatic N) is 3. The summed E-state index contributed by atoms with van der Waals surface area (Å²) in [5.74, 6) is 0.751. The van der Waals surface area contributed by atoms with Crippen LogP contribution in [0.15, 0.2) is 24.5 Å². The summed E-state index contributed by atoms with van der Waals surface area (Å²) in [6.07, 6.45) is 3.62. The Bertz CT molecular complexity index is 459. The quantitative estimate of drug-likeness (QED) is 0.737. The fraction of sp³-hybridized carbons (Fsp3) is 0.200. The summed E-state index contributed by atoms with van der Waals surface area (Å²) in [5, 5.41) is 4.25. The van der Waals surface area contributed by atoms with Crippen molar-refractivity contribution in [3.8, 4) is 5.82 Å². The Labute approximate surface area is 82.4 Å². The molecule has 4 heteroatoms. The number of anilines is 1. The molecule has 0 unspecified atom stereocenters. The first-order valence-electron chi connectivity index (χ1n) is 4.41. The zero-order valence-corrected chi connectivity index (χ0v) is 8.23. The van der Waals surface area contributed by atoms with E-state index in [1.807, 2.05) is 32.2 Å². The van der Waals surface area contributed by atoms with Crippen LogP contribution in [0.25, 0.3) is 5.82 Å². The van der Waals surface area contributed by atoms with Crippen molar-refractivity contribution in [1.82, 2.24) is 14.8 Å². The van der Waals surface area contributed by atoms with Crippen LogP contribution >= 0.6 is 0 Å². The van der Waals surface area contributed by atoms with E-state index in [9.17, 15) is 0 Å². The molecule has 0 spiro atoms. The Balaban J connectivity index is 2.47. The van der Waals surface area contributed by atoms with Crippen LogP contribution in [0.1, 0.15) is 11.3 Å². The van der Waals surface area contributed by atoms with Gasteiger partial charge in [-0.3, -0.25) is 0 Å². The third kappa shape index (κ3) is 1.46. The van der Waals surface area contributed by atoms with Crippen molar-refractivity contribution in [2.45, 2.75) is 13.8 Å². The molecule has 0 radical (unpaired) electrons. The monoisotopic (exact) mass is 188 g/mol. The van der Waals surface area contributed by atoms with Gasteiger partial charge in [0.05, 0.1) is 5.69 Å². The van der Waals surface area contributed by atoms with E-state index in [1.54, 1.807) is 10.9 Å². The van der Waals surface area contributed by atoms with E-state index in [-0.39, 0.29) is 0 Å². The van der Waals surface area contributed by atoms with Crippen molar-refractivity contribution in [3.63, 3.8) is 0 Å². The smallest absolute Gasteiger partial charge is 0.155 e. The predicted molar refractivity (Wildman–Crippen MR) is 55.2 cm³/mol. The predicted octanol–water partition coefficient (Wildman–Crippen LogP) is 1.47. The van der Waals surface area contributed by atoms with Crippen molar-refractivity contribution in [2.75, 3.05) is 5.73 Å². The highest BCUT2D eigenvalue weighted by atomic mass is 15.3. The number of nitrogen functional groups attached to an aromatic ring is 1. The number of hydrogen-bond donors (Lipinski definition) is 1. The average Bonchev–Trinajstić information content (AvgIpc) is 2.57. The average molecular weight is 188 g/mol. The van der Waals surface area contributed by atoms with Crippen LogP contribution in [-0.4, -0.2) is 14.8 Å². The number of pyridine rings is 1. The Morgan fingerprint density at radius 1 is 1.36 bits per heavy atom. The lowest BCUT2D eigenvalue weighted by Crippen LogP contribution is -2.01. The first-order valence-corrected chi connectivity index (χ1v) is 4.41. The molecule has 2 aromatic rings. The van der Waals surface area contributed by atoms with Gasteiger partial charge < -0.3 is 5.73 Å². The molecule has 2 aromatic heterocycles. The number of hydrogen-bond acceptors (Lipinski definition) is 3. The molecule has 2 N–H and O–H groups in total. The van der Waals surface area contributed by atoms with Gasteiger partial charge in [0, 0.05) is 24.1 Å². The maximum atomic E-state index is 5.78. The summed E-state index contributed by atoms with van der Waals surface area (Å²) >= 11 is 0. The molecular formula is C10H12N4. The Hall–Kier alpha value is -1.84. The van der Waals surface area contributed by atoms with Gasteiger partial charge in [-0.05, 0) is 25.5 Å². The molecule has 4 nitrogen and oxygen atoms in total. The van der Waals surface area contributed by atoms with Gasteiger partial charge in [0.15, 0.2) is 5.82 Å². The molecule has 0 fully saturated rings. The van der Waals surface area contributed by atoms with Gasteiger partial charge >= 0.3 is 0 Å².